The first kappa shape index (κ1) is 15.2. The lowest BCUT2D eigenvalue weighted by Crippen LogP contribution is -2.12. The summed E-state index contributed by atoms with van der Waals surface area (Å²) in [6.07, 6.45) is 1.80. The van der Waals surface area contributed by atoms with Gasteiger partial charge in [-0.05, 0) is 25.0 Å². The summed E-state index contributed by atoms with van der Waals surface area (Å²) in [6.45, 7) is 2.44. The average molecular weight is 306 g/mol. The number of nitrogens with two attached hydrogens (primary N) is 1. The molecule has 7 heteroatoms. The summed E-state index contributed by atoms with van der Waals surface area (Å²) >= 11 is 1.40. The number of hydrogen-bond donors (Lipinski definition) is 2. The van der Waals surface area contributed by atoms with Gasteiger partial charge in [0.1, 0.15) is 10.8 Å². The van der Waals surface area contributed by atoms with E-state index in [1.165, 1.54) is 11.3 Å². The first-order valence-corrected chi connectivity index (χ1v) is 7.60. The molecule has 2 aromatic rings. The second-order valence-corrected chi connectivity index (χ2v) is 5.45. The van der Waals surface area contributed by atoms with Crippen LogP contribution in [0.1, 0.15) is 24.8 Å². The van der Waals surface area contributed by atoms with E-state index < -0.39 is 0 Å². The fourth-order valence-electron chi connectivity index (χ4n) is 1.66. The van der Waals surface area contributed by atoms with Gasteiger partial charge in [-0.3, -0.25) is 4.79 Å². The lowest BCUT2D eigenvalue weighted by Gasteiger charge is -2.08. The lowest BCUT2D eigenvalue weighted by atomic mass is 10.3. The Balaban J connectivity index is 1.69. The highest BCUT2D eigenvalue weighted by Gasteiger charge is 2.07. The molecule has 0 bridgehead atoms. The van der Waals surface area contributed by atoms with Gasteiger partial charge in [-0.1, -0.05) is 30.4 Å². The predicted molar refractivity (Wildman–Crippen MR) is 83.5 cm³/mol. The minimum atomic E-state index is -0.0848. The molecule has 0 fully saturated rings. The van der Waals surface area contributed by atoms with Crippen LogP contribution in [0.2, 0.25) is 0 Å². The highest BCUT2D eigenvalue weighted by Crippen LogP contribution is 2.20. The number of ether oxygens (including phenoxy) is 1. The van der Waals surface area contributed by atoms with Crippen LogP contribution in [-0.2, 0) is 11.2 Å². The molecule has 0 atom stereocenters. The molecule has 0 aliphatic rings. The lowest BCUT2D eigenvalue weighted by molar-refractivity contribution is -0.116. The van der Waals surface area contributed by atoms with E-state index in [-0.39, 0.29) is 5.91 Å². The Hall–Kier alpha value is -2.15. The molecule has 6 nitrogen and oxygen atoms in total. The Morgan fingerprint density at radius 3 is 2.90 bits per heavy atom. The Labute approximate surface area is 127 Å². The summed E-state index contributed by atoms with van der Waals surface area (Å²) in [6, 6.07) is 7.30. The molecule has 0 saturated heterocycles. The number of aryl methyl sites for hydroxylation is 1. The smallest absolute Gasteiger partial charge is 0.226 e. The van der Waals surface area contributed by atoms with Crippen LogP contribution in [-0.4, -0.2) is 22.7 Å². The fraction of sp³-hybridized carbons (Fsp3) is 0.357. The molecule has 3 N–H and O–H groups in total. The van der Waals surface area contributed by atoms with Crippen molar-refractivity contribution in [1.29, 1.82) is 0 Å². The number of hydrogen-bond acceptors (Lipinski definition) is 6. The molecule has 112 valence electrons. The number of rotatable bonds is 7. The Morgan fingerprint density at radius 1 is 1.38 bits per heavy atom. The molecular formula is C14H18N4O2S. The van der Waals surface area contributed by atoms with Crippen LogP contribution in [0.4, 0.5) is 10.8 Å². The zero-order valence-corrected chi connectivity index (χ0v) is 12.7. The number of anilines is 2. The quantitative estimate of drug-likeness (QED) is 0.606. The van der Waals surface area contributed by atoms with Gasteiger partial charge in [0.2, 0.25) is 11.0 Å². The third kappa shape index (κ3) is 4.71. The van der Waals surface area contributed by atoms with Crippen LogP contribution < -0.4 is 15.8 Å². The molecule has 2 rings (SSSR count). The number of para-hydroxylation sites is 2. The molecule has 0 saturated carbocycles. The molecule has 0 unspecified atom stereocenters. The number of nitrogen functional groups attached to an aromatic ring is 1. The zero-order valence-electron chi connectivity index (χ0n) is 11.8. The normalized spacial score (nSPS) is 10.3. The highest BCUT2D eigenvalue weighted by atomic mass is 32.1. The van der Waals surface area contributed by atoms with Crippen molar-refractivity contribution in [3.05, 3.63) is 29.3 Å². The average Bonchev–Trinajstić information content (AvgIpc) is 2.93. The van der Waals surface area contributed by atoms with Gasteiger partial charge in [0.25, 0.3) is 0 Å². The van der Waals surface area contributed by atoms with Gasteiger partial charge < -0.3 is 15.8 Å². The van der Waals surface area contributed by atoms with Crippen molar-refractivity contribution >= 4 is 28.1 Å². The van der Waals surface area contributed by atoms with Crippen LogP contribution in [0.15, 0.2) is 24.3 Å². The molecule has 0 aliphatic heterocycles. The molecular weight excluding hydrogens is 288 g/mol. The first-order chi connectivity index (χ1) is 10.2. The molecule has 1 heterocycles. The Morgan fingerprint density at radius 2 is 2.19 bits per heavy atom. The van der Waals surface area contributed by atoms with Crippen LogP contribution in [0, 0.1) is 0 Å². The summed E-state index contributed by atoms with van der Waals surface area (Å²) in [5, 5.41) is 12.0. The van der Waals surface area contributed by atoms with Crippen LogP contribution in [0.3, 0.4) is 0 Å². The summed E-state index contributed by atoms with van der Waals surface area (Å²) in [5.74, 6) is 0.563. The molecule has 0 aliphatic carbocycles. The number of nitrogens with zero attached hydrogens (tertiary/aromatic N) is 2. The van der Waals surface area contributed by atoms with Gasteiger partial charge in [0.05, 0.1) is 12.3 Å². The maximum atomic E-state index is 11.7. The third-order valence-electron chi connectivity index (χ3n) is 2.74. The van der Waals surface area contributed by atoms with Crippen molar-refractivity contribution in [1.82, 2.24) is 10.2 Å². The minimum absolute atomic E-state index is 0.0848. The van der Waals surface area contributed by atoms with Crippen molar-refractivity contribution < 1.29 is 9.53 Å². The van der Waals surface area contributed by atoms with Crippen molar-refractivity contribution in [3.8, 4) is 5.75 Å². The predicted octanol–water partition coefficient (Wildman–Crippen LogP) is 2.48. The number of nitrogens with one attached hydrogen (secondary N) is 1. The van der Waals surface area contributed by atoms with Crippen LogP contribution in [0.25, 0.3) is 0 Å². The highest BCUT2D eigenvalue weighted by molar-refractivity contribution is 7.15. The summed E-state index contributed by atoms with van der Waals surface area (Å²) in [7, 11) is 0. The molecule has 1 amide bonds. The maximum absolute atomic E-state index is 11.7. The molecule has 1 aromatic carbocycles. The number of benzene rings is 1. The van der Waals surface area contributed by atoms with Gasteiger partial charge in [0.15, 0.2) is 0 Å². The monoisotopic (exact) mass is 306 g/mol. The molecule has 0 spiro atoms. The van der Waals surface area contributed by atoms with Crippen LogP contribution >= 0.6 is 11.3 Å². The molecule has 0 radical (unpaired) electrons. The second-order valence-electron chi connectivity index (χ2n) is 4.39. The standard InChI is InChI=1S/C14H18N4O2S/c1-2-13-17-18-14(21-13)16-12(19)8-5-9-20-11-7-4-3-6-10(11)15/h3-4,6-7H,2,5,8-9,15H2,1H3,(H,16,18,19). The van der Waals surface area contributed by atoms with E-state index in [4.69, 9.17) is 10.5 Å². The summed E-state index contributed by atoms with van der Waals surface area (Å²) in [4.78, 5) is 11.7. The maximum Gasteiger partial charge on any atom is 0.226 e. The molecule has 21 heavy (non-hydrogen) atoms. The second kappa shape index (κ2) is 7.58. The van der Waals surface area contributed by atoms with E-state index >= 15 is 0 Å². The van der Waals surface area contributed by atoms with E-state index in [9.17, 15) is 4.79 Å². The van der Waals surface area contributed by atoms with Crippen molar-refractivity contribution in [2.45, 2.75) is 26.2 Å². The van der Waals surface area contributed by atoms with Gasteiger partial charge in [0, 0.05) is 6.42 Å². The van der Waals surface area contributed by atoms with Gasteiger partial charge in [-0.15, -0.1) is 10.2 Å². The summed E-state index contributed by atoms with van der Waals surface area (Å²) < 4.78 is 5.53. The topological polar surface area (TPSA) is 90.1 Å². The Kier molecular flexibility index (Phi) is 5.51. The number of carbonyl (C=O) groups excluding carboxylic acids is 1. The van der Waals surface area contributed by atoms with Crippen LogP contribution in [0.5, 0.6) is 5.75 Å². The van der Waals surface area contributed by atoms with Gasteiger partial charge in [-0.25, -0.2) is 0 Å². The SMILES string of the molecule is CCc1nnc(NC(=O)CCCOc2ccccc2N)s1. The first-order valence-electron chi connectivity index (χ1n) is 6.78. The van der Waals surface area contributed by atoms with Gasteiger partial charge in [-0.2, -0.15) is 0 Å². The van der Waals surface area contributed by atoms with Crippen molar-refractivity contribution in [2.75, 3.05) is 17.7 Å². The van der Waals surface area contributed by atoms with Crippen molar-refractivity contribution in [2.24, 2.45) is 0 Å². The van der Waals surface area contributed by atoms with E-state index in [0.29, 0.717) is 36.0 Å². The van der Waals surface area contributed by atoms with E-state index in [2.05, 4.69) is 15.5 Å². The Bertz CT molecular complexity index is 600. The number of aromatic nitrogens is 2. The molecule has 1 aromatic heterocycles. The fourth-order valence-corrected chi connectivity index (χ4v) is 2.35. The van der Waals surface area contributed by atoms with E-state index in [1.54, 1.807) is 6.07 Å². The number of amides is 1. The minimum Gasteiger partial charge on any atom is -0.491 e. The zero-order chi connectivity index (χ0) is 15.1. The van der Waals surface area contributed by atoms with E-state index in [0.717, 1.165) is 11.4 Å². The van der Waals surface area contributed by atoms with Crippen molar-refractivity contribution in [3.63, 3.8) is 0 Å². The number of carbonyl (C=O) groups is 1. The van der Waals surface area contributed by atoms with Gasteiger partial charge >= 0.3 is 0 Å². The largest absolute Gasteiger partial charge is 0.491 e. The van der Waals surface area contributed by atoms with E-state index in [1.807, 2.05) is 25.1 Å². The third-order valence-corrected chi connectivity index (χ3v) is 3.72. The summed E-state index contributed by atoms with van der Waals surface area (Å²) in [5.41, 5.74) is 6.36.